The van der Waals surface area contributed by atoms with E-state index >= 15 is 0 Å². The Hall–Kier alpha value is -1.74. The molecule has 0 heterocycles. The van der Waals surface area contributed by atoms with Crippen molar-refractivity contribution in [1.29, 1.82) is 10.5 Å². The normalized spacial score (nSPS) is 13.8. The lowest BCUT2D eigenvalue weighted by Gasteiger charge is -2.01. The molecule has 0 saturated carbocycles. The third-order valence-corrected chi connectivity index (χ3v) is 1.61. The Labute approximate surface area is 72.4 Å². The van der Waals surface area contributed by atoms with E-state index in [1.165, 1.54) is 0 Å². The van der Waals surface area contributed by atoms with Gasteiger partial charge in [-0.1, -0.05) is 0 Å². The average Bonchev–Trinajstić information content (AvgIpc) is 2.03. The van der Waals surface area contributed by atoms with Crippen molar-refractivity contribution in [2.75, 3.05) is 0 Å². The zero-order chi connectivity index (χ0) is 9.72. The Balaban J connectivity index is 5.26. The van der Waals surface area contributed by atoms with Gasteiger partial charge in [-0.05, 0) is 26.3 Å². The van der Waals surface area contributed by atoms with E-state index in [0.717, 1.165) is 0 Å². The number of rotatable bonds is 1. The van der Waals surface area contributed by atoms with Crippen LogP contribution in [0.4, 0.5) is 0 Å². The maximum Gasteiger partial charge on any atom is 0.101 e. The first-order valence-corrected chi connectivity index (χ1v) is 3.49. The summed E-state index contributed by atoms with van der Waals surface area (Å²) in [6.45, 7) is 5.02. The molecular weight excluding hydrogens is 150 g/mol. The Morgan fingerprint density at radius 3 is 1.83 bits per heavy atom. The minimum absolute atomic E-state index is 0.397. The average molecular weight is 161 g/mol. The van der Waals surface area contributed by atoms with Crippen molar-refractivity contribution in [2.24, 2.45) is 5.73 Å². The van der Waals surface area contributed by atoms with E-state index in [-0.39, 0.29) is 0 Å². The number of nitrogens with two attached hydrogens (primary N) is 1. The van der Waals surface area contributed by atoms with Crippen LogP contribution in [0.2, 0.25) is 0 Å². The Morgan fingerprint density at radius 2 is 1.58 bits per heavy atom. The van der Waals surface area contributed by atoms with Gasteiger partial charge in [-0.2, -0.15) is 10.5 Å². The zero-order valence-electron chi connectivity index (χ0n) is 7.47. The summed E-state index contributed by atoms with van der Waals surface area (Å²) >= 11 is 0. The van der Waals surface area contributed by atoms with Crippen molar-refractivity contribution in [1.82, 2.24) is 0 Å². The van der Waals surface area contributed by atoms with E-state index < -0.39 is 0 Å². The summed E-state index contributed by atoms with van der Waals surface area (Å²) in [5.74, 6) is 0. The van der Waals surface area contributed by atoms with Crippen LogP contribution in [0.3, 0.4) is 0 Å². The molecule has 0 spiro atoms. The molecule has 0 unspecified atom stereocenters. The van der Waals surface area contributed by atoms with E-state index in [9.17, 15) is 0 Å². The van der Waals surface area contributed by atoms with E-state index in [0.29, 0.717) is 22.4 Å². The molecule has 0 radical (unpaired) electrons. The number of allylic oxidation sites excluding steroid dienone is 4. The quantitative estimate of drug-likeness (QED) is 0.469. The molecule has 0 aromatic rings. The van der Waals surface area contributed by atoms with Crippen molar-refractivity contribution in [3.8, 4) is 12.1 Å². The van der Waals surface area contributed by atoms with Crippen LogP contribution in [0.25, 0.3) is 0 Å². The Morgan fingerprint density at radius 1 is 1.08 bits per heavy atom. The topological polar surface area (TPSA) is 73.6 Å². The van der Waals surface area contributed by atoms with Crippen molar-refractivity contribution in [3.63, 3.8) is 0 Å². The van der Waals surface area contributed by atoms with Crippen LogP contribution in [0.5, 0.6) is 0 Å². The lowest BCUT2D eigenvalue weighted by atomic mass is 10.0. The van der Waals surface area contributed by atoms with E-state index in [4.69, 9.17) is 16.3 Å². The summed E-state index contributed by atoms with van der Waals surface area (Å²) < 4.78 is 0. The molecule has 0 amide bonds. The second kappa shape index (κ2) is 4.20. The highest BCUT2D eigenvalue weighted by Crippen LogP contribution is 2.14. The SMILES string of the molecule is C/C(N)=C(C#N)\C(C)=C(/C)C#N. The number of nitriles is 2. The maximum absolute atomic E-state index is 8.68. The minimum Gasteiger partial charge on any atom is -0.401 e. The van der Waals surface area contributed by atoms with Crippen LogP contribution < -0.4 is 5.73 Å². The number of hydrogen-bond acceptors (Lipinski definition) is 3. The molecule has 0 fully saturated rings. The predicted octanol–water partition coefficient (Wildman–Crippen LogP) is 1.60. The van der Waals surface area contributed by atoms with Crippen LogP contribution in [0, 0.1) is 22.7 Å². The summed E-state index contributed by atoms with van der Waals surface area (Å²) in [5.41, 5.74) is 7.48. The summed E-state index contributed by atoms with van der Waals surface area (Å²) in [5, 5.41) is 17.2. The molecule has 0 aliphatic heterocycles. The number of hydrogen-bond donors (Lipinski definition) is 1. The maximum atomic E-state index is 8.68. The monoisotopic (exact) mass is 161 g/mol. The van der Waals surface area contributed by atoms with Gasteiger partial charge in [-0.15, -0.1) is 0 Å². The van der Waals surface area contributed by atoms with Gasteiger partial charge in [0.1, 0.15) is 6.07 Å². The van der Waals surface area contributed by atoms with Crippen LogP contribution in [-0.2, 0) is 0 Å². The summed E-state index contributed by atoms with van der Waals surface area (Å²) in [4.78, 5) is 0. The summed E-state index contributed by atoms with van der Waals surface area (Å²) in [6.07, 6.45) is 0. The van der Waals surface area contributed by atoms with Gasteiger partial charge in [0, 0.05) is 11.3 Å². The van der Waals surface area contributed by atoms with Crippen LogP contribution in [0.15, 0.2) is 22.4 Å². The highest BCUT2D eigenvalue weighted by molar-refractivity contribution is 5.48. The van der Waals surface area contributed by atoms with E-state index in [1.807, 2.05) is 12.1 Å². The molecule has 0 bridgehead atoms. The lowest BCUT2D eigenvalue weighted by Crippen LogP contribution is -1.99. The standard InChI is InChI=1S/C9H11N3/c1-6(4-10)7(2)9(5-11)8(3)12/h12H2,1-3H3/b7-6+,9-8+. The Bertz CT molecular complexity index is 317. The molecule has 0 aliphatic carbocycles. The van der Waals surface area contributed by atoms with Crippen molar-refractivity contribution < 1.29 is 0 Å². The molecule has 0 atom stereocenters. The summed E-state index contributed by atoms with van der Waals surface area (Å²) in [6, 6.07) is 3.94. The van der Waals surface area contributed by atoms with Crippen LogP contribution >= 0.6 is 0 Å². The van der Waals surface area contributed by atoms with Crippen LogP contribution in [-0.4, -0.2) is 0 Å². The molecule has 2 N–H and O–H groups in total. The zero-order valence-corrected chi connectivity index (χ0v) is 7.47. The lowest BCUT2D eigenvalue weighted by molar-refractivity contribution is 1.21. The van der Waals surface area contributed by atoms with Crippen molar-refractivity contribution in [2.45, 2.75) is 20.8 Å². The first-order valence-electron chi connectivity index (χ1n) is 3.49. The van der Waals surface area contributed by atoms with Gasteiger partial charge >= 0.3 is 0 Å². The third-order valence-electron chi connectivity index (χ3n) is 1.61. The highest BCUT2D eigenvalue weighted by atomic mass is 14.6. The molecular formula is C9H11N3. The van der Waals surface area contributed by atoms with Gasteiger partial charge in [-0.3, -0.25) is 0 Å². The molecule has 0 aromatic heterocycles. The van der Waals surface area contributed by atoms with Gasteiger partial charge in [0.25, 0.3) is 0 Å². The van der Waals surface area contributed by atoms with Gasteiger partial charge in [-0.25, -0.2) is 0 Å². The molecule has 0 rings (SSSR count). The molecule has 0 aliphatic rings. The van der Waals surface area contributed by atoms with Gasteiger partial charge < -0.3 is 5.73 Å². The molecule has 62 valence electrons. The van der Waals surface area contributed by atoms with Gasteiger partial charge in [0.05, 0.1) is 11.6 Å². The largest absolute Gasteiger partial charge is 0.401 e. The van der Waals surface area contributed by atoms with E-state index in [1.54, 1.807) is 20.8 Å². The Kier molecular flexibility index (Phi) is 3.59. The van der Waals surface area contributed by atoms with E-state index in [2.05, 4.69) is 0 Å². The van der Waals surface area contributed by atoms with Gasteiger partial charge in [0.2, 0.25) is 0 Å². The third kappa shape index (κ3) is 2.14. The van der Waals surface area contributed by atoms with Crippen molar-refractivity contribution >= 4 is 0 Å². The molecule has 3 nitrogen and oxygen atoms in total. The minimum atomic E-state index is 0.397. The fourth-order valence-electron chi connectivity index (χ4n) is 0.739. The molecule has 3 heteroatoms. The number of nitrogens with zero attached hydrogens (tertiary/aromatic N) is 2. The second-order valence-electron chi connectivity index (χ2n) is 2.53. The first-order chi connectivity index (χ1) is 5.54. The van der Waals surface area contributed by atoms with Crippen molar-refractivity contribution in [3.05, 3.63) is 22.4 Å². The fraction of sp³-hybridized carbons (Fsp3) is 0.333. The highest BCUT2D eigenvalue weighted by Gasteiger charge is 2.04. The summed E-state index contributed by atoms with van der Waals surface area (Å²) in [7, 11) is 0. The predicted molar refractivity (Wildman–Crippen MR) is 46.5 cm³/mol. The van der Waals surface area contributed by atoms with Crippen LogP contribution in [0.1, 0.15) is 20.8 Å². The molecule has 12 heavy (non-hydrogen) atoms. The molecule has 0 saturated heterocycles. The first kappa shape index (κ1) is 10.3. The fourth-order valence-corrected chi connectivity index (χ4v) is 0.739. The second-order valence-corrected chi connectivity index (χ2v) is 2.53. The smallest absolute Gasteiger partial charge is 0.101 e. The van der Waals surface area contributed by atoms with Gasteiger partial charge in [0.15, 0.2) is 0 Å². The molecule has 0 aromatic carbocycles.